The number of fused-ring (bicyclic) bond motifs is 1. The highest BCUT2D eigenvalue weighted by atomic mass is 32.2. The van der Waals surface area contributed by atoms with Gasteiger partial charge in [0.05, 0.1) is 4.90 Å². The Balaban J connectivity index is 1.58. The molecule has 148 valence electrons. The van der Waals surface area contributed by atoms with E-state index in [0.717, 1.165) is 11.1 Å². The Bertz CT molecular complexity index is 1180. The lowest BCUT2D eigenvalue weighted by Crippen LogP contribution is -2.36. The van der Waals surface area contributed by atoms with Crippen LogP contribution in [0.2, 0.25) is 0 Å². The molecule has 1 amide bonds. The van der Waals surface area contributed by atoms with E-state index in [9.17, 15) is 18.3 Å². The summed E-state index contributed by atoms with van der Waals surface area (Å²) in [6.07, 6.45) is 2.08. The lowest BCUT2D eigenvalue weighted by Gasteiger charge is -2.28. The summed E-state index contributed by atoms with van der Waals surface area (Å²) in [4.78, 5) is 16.5. The predicted octanol–water partition coefficient (Wildman–Crippen LogP) is 2.79. The Labute approximate surface area is 168 Å². The molecule has 0 saturated carbocycles. The van der Waals surface area contributed by atoms with Crippen LogP contribution in [0.1, 0.15) is 21.5 Å². The van der Waals surface area contributed by atoms with Crippen molar-refractivity contribution in [3.05, 3.63) is 83.6 Å². The van der Waals surface area contributed by atoms with Crippen molar-refractivity contribution >= 4 is 21.7 Å². The first-order valence-corrected chi connectivity index (χ1v) is 10.5. The van der Waals surface area contributed by atoms with Crippen LogP contribution in [0.4, 0.5) is 5.82 Å². The van der Waals surface area contributed by atoms with Gasteiger partial charge >= 0.3 is 0 Å². The van der Waals surface area contributed by atoms with Gasteiger partial charge in [-0.05, 0) is 47.9 Å². The third-order valence-electron chi connectivity index (χ3n) is 4.85. The van der Waals surface area contributed by atoms with Gasteiger partial charge in [-0.2, -0.15) is 4.31 Å². The molecule has 1 aliphatic heterocycles. The van der Waals surface area contributed by atoms with Crippen molar-refractivity contribution in [2.45, 2.75) is 17.9 Å². The summed E-state index contributed by atoms with van der Waals surface area (Å²) in [7, 11) is -3.75. The lowest BCUT2D eigenvalue weighted by molar-refractivity contribution is 0.102. The van der Waals surface area contributed by atoms with E-state index in [1.165, 1.54) is 46.9 Å². The topological polar surface area (TPSA) is 99.6 Å². The maximum Gasteiger partial charge on any atom is 0.256 e. The standard InChI is InChI=1S/C21H19N3O4S/c25-19-9-4-11-22-20(19)23-21(26)16-7-3-8-18(13-16)29(27,28)24-12-10-15-5-1-2-6-17(15)14-24/h1-9,11,13,25H,10,12,14H2,(H,22,23,26). The number of nitrogens with one attached hydrogen (secondary N) is 1. The van der Waals surface area contributed by atoms with E-state index in [4.69, 9.17) is 0 Å². The minimum absolute atomic E-state index is 0.0124. The molecule has 0 fully saturated rings. The molecule has 4 rings (SSSR count). The van der Waals surface area contributed by atoms with Crippen LogP contribution < -0.4 is 5.32 Å². The van der Waals surface area contributed by atoms with Crippen molar-refractivity contribution < 1.29 is 18.3 Å². The number of carbonyl (C=O) groups excluding carboxylic acids is 1. The summed E-state index contributed by atoms with van der Waals surface area (Å²) in [5.41, 5.74) is 2.30. The van der Waals surface area contributed by atoms with Gasteiger partial charge in [-0.15, -0.1) is 0 Å². The van der Waals surface area contributed by atoms with E-state index in [1.54, 1.807) is 0 Å². The zero-order valence-electron chi connectivity index (χ0n) is 15.4. The number of sulfonamides is 1. The Kier molecular flexibility index (Phi) is 5.04. The molecule has 0 atom stereocenters. The molecular formula is C21H19N3O4S. The fourth-order valence-electron chi connectivity index (χ4n) is 3.29. The molecule has 0 aliphatic carbocycles. The van der Waals surface area contributed by atoms with E-state index >= 15 is 0 Å². The van der Waals surface area contributed by atoms with Crippen LogP contribution in [0, 0.1) is 0 Å². The number of aromatic nitrogens is 1. The maximum absolute atomic E-state index is 13.1. The molecule has 2 N–H and O–H groups in total. The number of rotatable bonds is 4. The zero-order valence-corrected chi connectivity index (χ0v) is 16.3. The molecule has 0 bridgehead atoms. The molecule has 0 saturated heterocycles. The molecular weight excluding hydrogens is 390 g/mol. The van der Waals surface area contributed by atoms with Crippen LogP contribution in [0.25, 0.3) is 0 Å². The van der Waals surface area contributed by atoms with Gasteiger partial charge in [0.15, 0.2) is 11.6 Å². The molecule has 8 heteroatoms. The molecule has 29 heavy (non-hydrogen) atoms. The summed E-state index contributed by atoms with van der Waals surface area (Å²) in [5, 5.41) is 12.2. The van der Waals surface area contributed by atoms with E-state index in [2.05, 4.69) is 10.3 Å². The smallest absolute Gasteiger partial charge is 0.256 e. The summed E-state index contributed by atoms with van der Waals surface area (Å²) in [6, 6.07) is 16.6. The van der Waals surface area contributed by atoms with Crippen LogP contribution in [0.15, 0.2) is 71.8 Å². The zero-order chi connectivity index (χ0) is 20.4. The van der Waals surface area contributed by atoms with Gasteiger partial charge in [0.1, 0.15) is 0 Å². The fourth-order valence-corrected chi connectivity index (χ4v) is 4.76. The monoisotopic (exact) mass is 409 g/mol. The first kappa shape index (κ1) is 19.1. The number of carbonyl (C=O) groups is 1. The quantitative estimate of drug-likeness (QED) is 0.690. The summed E-state index contributed by atoms with van der Waals surface area (Å²) >= 11 is 0. The van der Waals surface area contributed by atoms with Gasteiger partial charge in [-0.1, -0.05) is 30.3 Å². The molecule has 1 aromatic heterocycles. The molecule has 1 aliphatic rings. The van der Waals surface area contributed by atoms with Crippen LogP contribution in [0.3, 0.4) is 0 Å². The third-order valence-corrected chi connectivity index (χ3v) is 6.69. The number of pyridine rings is 1. The number of nitrogens with zero attached hydrogens (tertiary/aromatic N) is 2. The van der Waals surface area contributed by atoms with Gasteiger partial charge in [0.25, 0.3) is 5.91 Å². The van der Waals surface area contributed by atoms with Gasteiger partial charge in [-0.25, -0.2) is 13.4 Å². The van der Waals surface area contributed by atoms with Crippen molar-refractivity contribution in [3.63, 3.8) is 0 Å². The number of aromatic hydroxyl groups is 1. The van der Waals surface area contributed by atoms with Crippen molar-refractivity contribution in [1.29, 1.82) is 0 Å². The summed E-state index contributed by atoms with van der Waals surface area (Å²) in [6.45, 7) is 0.689. The fraction of sp³-hybridized carbons (Fsp3) is 0.143. The Hall–Kier alpha value is -3.23. The van der Waals surface area contributed by atoms with Crippen molar-refractivity contribution in [3.8, 4) is 5.75 Å². The molecule has 2 aromatic carbocycles. The number of amides is 1. The molecule has 2 heterocycles. The Morgan fingerprint density at radius 1 is 1.03 bits per heavy atom. The van der Waals surface area contributed by atoms with Crippen molar-refractivity contribution in [2.75, 3.05) is 11.9 Å². The van der Waals surface area contributed by atoms with Crippen molar-refractivity contribution in [1.82, 2.24) is 9.29 Å². The van der Waals surface area contributed by atoms with E-state index in [0.29, 0.717) is 19.5 Å². The van der Waals surface area contributed by atoms with Crippen LogP contribution in [-0.4, -0.2) is 35.3 Å². The molecule has 0 spiro atoms. The normalized spacial score (nSPS) is 14.2. The molecule has 3 aromatic rings. The van der Waals surface area contributed by atoms with E-state index in [-0.39, 0.29) is 22.0 Å². The largest absolute Gasteiger partial charge is 0.504 e. The number of anilines is 1. The number of hydrogen-bond donors (Lipinski definition) is 2. The molecule has 7 nitrogen and oxygen atoms in total. The number of hydrogen-bond acceptors (Lipinski definition) is 5. The molecule has 0 radical (unpaired) electrons. The minimum Gasteiger partial charge on any atom is -0.504 e. The first-order valence-electron chi connectivity index (χ1n) is 9.07. The average molecular weight is 409 g/mol. The maximum atomic E-state index is 13.1. The molecule has 0 unspecified atom stereocenters. The second kappa shape index (κ2) is 7.65. The Morgan fingerprint density at radius 3 is 2.62 bits per heavy atom. The highest BCUT2D eigenvalue weighted by Crippen LogP contribution is 2.26. The van der Waals surface area contributed by atoms with Crippen LogP contribution in [-0.2, 0) is 23.0 Å². The summed E-state index contributed by atoms with van der Waals surface area (Å²) in [5.74, 6) is -0.713. The van der Waals surface area contributed by atoms with E-state index in [1.807, 2.05) is 24.3 Å². The predicted molar refractivity (Wildman–Crippen MR) is 108 cm³/mol. The second-order valence-electron chi connectivity index (χ2n) is 6.71. The number of benzene rings is 2. The minimum atomic E-state index is -3.75. The second-order valence-corrected chi connectivity index (χ2v) is 8.65. The summed E-state index contributed by atoms with van der Waals surface area (Å²) < 4.78 is 27.7. The first-order chi connectivity index (χ1) is 13.9. The van der Waals surface area contributed by atoms with E-state index < -0.39 is 15.9 Å². The highest BCUT2D eigenvalue weighted by Gasteiger charge is 2.28. The van der Waals surface area contributed by atoms with Gasteiger partial charge < -0.3 is 10.4 Å². The average Bonchev–Trinajstić information content (AvgIpc) is 2.75. The SMILES string of the molecule is O=C(Nc1ncccc1O)c1cccc(S(=O)(=O)N2CCc3ccccc3C2)c1. The van der Waals surface area contributed by atoms with Crippen LogP contribution >= 0.6 is 0 Å². The van der Waals surface area contributed by atoms with Gasteiger partial charge in [0, 0.05) is 24.8 Å². The Morgan fingerprint density at radius 2 is 1.83 bits per heavy atom. The van der Waals surface area contributed by atoms with Gasteiger partial charge in [-0.3, -0.25) is 4.79 Å². The lowest BCUT2D eigenvalue weighted by atomic mass is 10.0. The van der Waals surface area contributed by atoms with Crippen molar-refractivity contribution in [2.24, 2.45) is 0 Å². The highest BCUT2D eigenvalue weighted by molar-refractivity contribution is 7.89. The van der Waals surface area contributed by atoms with Gasteiger partial charge in [0.2, 0.25) is 10.0 Å². The van der Waals surface area contributed by atoms with Crippen LogP contribution in [0.5, 0.6) is 5.75 Å². The third kappa shape index (κ3) is 3.85.